The third kappa shape index (κ3) is 3.70. The predicted molar refractivity (Wildman–Crippen MR) is 97.4 cm³/mol. The van der Waals surface area contributed by atoms with E-state index in [0.29, 0.717) is 12.0 Å². The Morgan fingerprint density at radius 1 is 1.41 bits per heavy atom. The number of nitrogens with one attached hydrogen (secondary N) is 1. The van der Waals surface area contributed by atoms with Crippen LogP contribution in [0.3, 0.4) is 0 Å². The normalized spacial score (nSPS) is 27.4. The van der Waals surface area contributed by atoms with Gasteiger partial charge in [-0.05, 0) is 44.7 Å². The van der Waals surface area contributed by atoms with Crippen LogP contribution >= 0.6 is 0 Å². The van der Waals surface area contributed by atoms with Crippen LogP contribution in [0.15, 0.2) is 24.5 Å². The Morgan fingerprint density at radius 3 is 2.74 bits per heavy atom. The van der Waals surface area contributed by atoms with Gasteiger partial charge in [0.2, 0.25) is 5.91 Å². The number of nitro groups is 1. The Hall–Kier alpha value is -2.77. The van der Waals surface area contributed by atoms with Gasteiger partial charge in [-0.2, -0.15) is 0 Å². The molecule has 1 saturated heterocycles. The Labute approximate surface area is 157 Å². The molecule has 0 radical (unpaired) electrons. The van der Waals surface area contributed by atoms with Crippen molar-refractivity contribution < 1.29 is 19.2 Å². The van der Waals surface area contributed by atoms with Gasteiger partial charge in [0.1, 0.15) is 17.7 Å². The Kier molecular flexibility index (Phi) is 4.75. The largest absolute Gasteiger partial charge is 0.459 e. The molecule has 4 unspecified atom stereocenters. The Balaban J connectivity index is 2.00. The van der Waals surface area contributed by atoms with Gasteiger partial charge in [0.15, 0.2) is 0 Å². The summed E-state index contributed by atoms with van der Waals surface area (Å²) in [6.45, 7) is 7.22. The molecular weight excluding hydrogens is 350 g/mol. The highest BCUT2D eigenvalue weighted by Crippen LogP contribution is 2.42. The van der Waals surface area contributed by atoms with Crippen molar-refractivity contribution in [2.24, 2.45) is 17.8 Å². The third-order valence-electron chi connectivity index (χ3n) is 4.94. The molecule has 0 bridgehead atoms. The van der Waals surface area contributed by atoms with Gasteiger partial charge >= 0.3 is 5.97 Å². The molecule has 144 valence electrons. The number of ether oxygens (including phenoxy) is 1. The number of hydrogen-bond donors (Lipinski definition) is 1. The minimum atomic E-state index is -0.951. The van der Waals surface area contributed by atoms with Crippen LogP contribution in [-0.4, -0.2) is 33.4 Å². The maximum absolute atomic E-state index is 12.6. The molecule has 8 heteroatoms. The molecule has 4 atom stereocenters. The SMILES string of the molecule is CC1CC(c2ccncc2[N+](=O)[O-])=CC2C(C(=O)OC(C)(C)C)C(=O)NC12. The van der Waals surface area contributed by atoms with Crippen LogP contribution in [0.2, 0.25) is 0 Å². The molecule has 3 rings (SSSR count). The van der Waals surface area contributed by atoms with Crippen molar-refractivity contribution in [3.05, 3.63) is 40.2 Å². The number of carbonyl (C=O) groups is 2. The van der Waals surface area contributed by atoms with Gasteiger partial charge in [0.05, 0.1) is 10.5 Å². The monoisotopic (exact) mass is 373 g/mol. The first kappa shape index (κ1) is 19.0. The number of amides is 1. The molecule has 1 fully saturated rings. The number of hydrogen-bond acceptors (Lipinski definition) is 6. The standard InChI is InChI=1S/C19H23N3O5/c1-10-7-11(12-5-6-20-9-14(12)22(25)26)8-13-15(17(23)21-16(10)13)18(24)27-19(2,3)4/h5-6,8-10,13,15-16H,7H2,1-4H3,(H,21,23). The van der Waals surface area contributed by atoms with Crippen LogP contribution in [0.25, 0.3) is 5.57 Å². The highest BCUT2D eigenvalue weighted by Gasteiger charge is 2.50. The molecule has 8 nitrogen and oxygen atoms in total. The average molecular weight is 373 g/mol. The average Bonchev–Trinajstić information content (AvgIpc) is 2.90. The van der Waals surface area contributed by atoms with Crippen LogP contribution in [0.1, 0.15) is 39.7 Å². The lowest BCUT2D eigenvalue weighted by molar-refractivity contribution is -0.385. The number of rotatable bonds is 3. The van der Waals surface area contributed by atoms with E-state index < -0.39 is 28.3 Å². The summed E-state index contributed by atoms with van der Waals surface area (Å²) in [7, 11) is 0. The number of aromatic nitrogens is 1. The molecule has 2 heterocycles. The van der Waals surface area contributed by atoms with E-state index in [1.54, 1.807) is 26.8 Å². The van der Waals surface area contributed by atoms with Crippen molar-refractivity contribution in [2.45, 2.75) is 45.8 Å². The molecule has 1 amide bonds. The number of carbonyl (C=O) groups excluding carboxylic acids is 2. The van der Waals surface area contributed by atoms with Crippen LogP contribution < -0.4 is 5.32 Å². The van der Waals surface area contributed by atoms with E-state index >= 15 is 0 Å². The summed E-state index contributed by atoms with van der Waals surface area (Å²) < 4.78 is 5.43. The van der Waals surface area contributed by atoms with Crippen LogP contribution in [-0.2, 0) is 14.3 Å². The second kappa shape index (κ2) is 6.75. The van der Waals surface area contributed by atoms with Crippen LogP contribution in [0.4, 0.5) is 5.69 Å². The molecule has 0 aromatic carbocycles. The number of nitrogens with zero attached hydrogens (tertiary/aromatic N) is 2. The van der Waals surface area contributed by atoms with E-state index in [1.807, 2.05) is 13.0 Å². The van der Waals surface area contributed by atoms with E-state index in [-0.39, 0.29) is 23.6 Å². The lowest BCUT2D eigenvalue weighted by atomic mass is 9.74. The van der Waals surface area contributed by atoms with E-state index in [2.05, 4.69) is 10.3 Å². The van der Waals surface area contributed by atoms with Crippen molar-refractivity contribution in [2.75, 3.05) is 0 Å². The summed E-state index contributed by atoms with van der Waals surface area (Å²) in [5.41, 5.74) is 0.442. The van der Waals surface area contributed by atoms with Gasteiger partial charge in [-0.15, -0.1) is 0 Å². The number of allylic oxidation sites excluding steroid dienone is 1. The van der Waals surface area contributed by atoms with E-state index in [1.165, 1.54) is 12.4 Å². The van der Waals surface area contributed by atoms with E-state index in [9.17, 15) is 19.7 Å². The summed E-state index contributed by atoms with van der Waals surface area (Å²) >= 11 is 0. The maximum atomic E-state index is 12.6. The number of esters is 1. The van der Waals surface area contributed by atoms with E-state index in [4.69, 9.17) is 4.74 Å². The second-order valence-electron chi connectivity index (χ2n) is 8.15. The maximum Gasteiger partial charge on any atom is 0.319 e. The smallest absolute Gasteiger partial charge is 0.319 e. The zero-order chi connectivity index (χ0) is 19.9. The third-order valence-corrected chi connectivity index (χ3v) is 4.94. The van der Waals surface area contributed by atoms with Gasteiger partial charge in [-0.3, -0.25) is 24.7 Å². The first-order valence-corrected chi connectivity index (χ1v) is 8.91. The van der Waals surface area contributed by atoms with Gasteiger partial charge in [0.25, 0.3) is 5.69 Å². The van der Waals surface area contributed by atoms with Gasteiger partial charge in [0, 0.05) is 18.2 Å². The first-order chi connectivity index (χ1) is 12.6. The van der Waals surface area contributed by atoms with Gasteiger partial charge < -0.3 is 10.1 Å². The summed E-state index contributed by atoms with van der Waals surface area (Å²) in [5, 5.41) is 14.3. The van der Waals surface area contributed by atoms with Crippen molar-refractivity contribution in [3.63, 3.8) is 0 Å². The molecule has 1 aliphatic carbocycles. The summed E-state index contributed by atoms with van der Waals surface area (Å²) in [5.74, 6) is -2.25. The quantitative estimate of drug-likeness (QED) is 0.377. The Bertz CT molecular complexity index is 827. The molecule has 1 aromatic rings. The molecule has 0 spiro atoms. The molecule has 2 aliphatic rings. The van der Waals surface area contributed by atoms with Gasteiger partial charge in [-0.25, -0.2) is 0 Å². The lowest BCUT2D eigenvalue weighted by Crippen LogP contribution is -2.37. The van der Waals surface area contributed by atoms with Gasteiger partial charge in [-0.1, -0.05) is 13.0 Å². The predicted octanol–water partition coefficient (Wildman–Crippen LogP) is 2.49. The Morgan fingerprint density at radius 2 is 2.11 bits per heavy atom. The van der Waals surface area contributed by atoms with E-state index in [0.717, 1.165) is 5.57 Å². The number of pyridine rings is 1. The second-order valence-corrected chi connectivity index (χ2v) is 8.15. The zero-order valence-electron chi connectivity index (χ0n) is 15.8. The van der Waals surface area contributed by atoms with Crippen molar-refractivity contribution in [1.29, 1.82) is 0 Å². The summed E-state index contributed by atoms with van der Waals surface area (Å²) in [6, 6.07) is 1.41. The minimum absolute atomic E-state index is 0.0270. The fourth-order valence-corrected chi connectivity index (χ4v) is 3.86. The highest BCUT2D eigenvalue weighted by atomic mass is 16.6. The number of fused-ring (bicyclic) bond motifs is 1. The van der Waals surface area contributed by atoms with Crippen molar-refractivity contribution >= 4 is 23.1 Å². The van der Waals surface area contributed by atoms with Crippen LogP contribution in [0, 0.1) is 27.9 Å². The van der Waals surface area contributed by atoms with Crippen molar-refractivity contribution in [3.8, 4) is 0 Å². The molecule has 1 aliphatic heterocycles. The zero-order valence-corrected chi connectivity index (χ0v) is 15.8. The minimum Gasteiger partial charge on any atom is -0.459 e. The molecule has 1 aromatic heterocycles. The first-order valence-electron chi connectivity index (χ1n) is 8.91. The lowest BCUT2D eigenvalue weighted by Gasteiger charge is -2.32. The molecule has 0 saturated carbocycles. The topological polar surface area (TPSA) is 111 Å². The fourth-order valence-electron chi connectivity index (χ4n) is 3.86. The molecule has 1 N–H and O–H groups in total. The van der Waals surface area contributed by atoms with Crippen molar-refractivity contribution in [1.82, 2.24) is 10.3 Å². The fraction of sp³-hybridized carbons (Fsp3) is 0.526. The van der Waals surface area contributed by atoms with Crippen LogP contribution in [0.5, 0.6) is 0 Å². The summed E-state index contributed by atoms with van der Waals surface area (Å²) in [4.78, 5) is 39.8. The summed E-state index contributed by atoms with van der Waals surface area (Å²) in [6.07, 6.45) is 5.10. The molecule has 27 heavy (non-hydrogen) atoms. The highest BCUT2D eigenvalue weighted by molar-refractivity contribution is 6.01. The molecular formula is C19H23N3O5.